The van der Waals surface area contributed by atoms with Gasteiger partial charge in [0.15, 0.2) is 5.76 Å². The molecule has 0 spiro atoms. The number of nitrogens with one attached hydrogen (secondary N) is 1. The van der Waals surface area contributed by atoms with Crippen molar-refractivity contribution in [3.63, 3.8) is 0 Å². The van der Waals surface area contributed by atoms with Gasteiger partial charge in [0.25, 0.3) is 5.91 Å². The summed E-state index contributed by atoms with van der Waals surface area (Å²) < 4.78 is 7.37. The van der Waals surface area contributed by atoms with E-state index in [2.05, 4.69) is 10.4 Å². The maximum Gasteiger partial charge on any atom is 0.255 e. The molecule has 2 aromatic heterocycles. The number of para-hydroxylation sites is 1. The van der Waals surface area contributed by atoms with E-state index in [4.69, 9.17) is 10.2 Å². The highest BCUT2D eigenvalue weighted by Gasteiger charge is 2.21. The smallest absolute Gasteiger partial charge is 0.255 e. The van der Waals surface area contributed by atoms with Crippen LogP contribution < -0.4 is 11.1 Å². The van der Waals surface area contributed by atoms with Crippen molar-refractivity contribution in [1.82, 2.24) is 15.1 Å². The van der Waals surface area contributed by atoms with E-state index >= 15 is 0 Å². The molecule has 0 aliphatic rings. The topological polar surface area (TPSA) is 86.1 Å². The molecule has 6 heteroatoms. The molecule has 130 valence electrons. The third-order valence-electron chi connectivity index (χ3n) is 3.97. The Bertz CT molecular complexity index is 851. The Morgan fingerprint density at radius 3 is 2.68 bits per heavy atom. The standard InChI is InChI=1S/C19H22N4O2/c1-13(10-20)11-21-19(24)16-12-23(15-6-4-3-5-7-15)22-18(16)17-9-8-14(2)25-17/h3-9,12-13H,10-11,20H2,1-2H3,(H,21,24). The lowest BCUT2D eigenvalue weighted by atomic mass is 10.1. The summed E-state index contributed by atoms with van der Waals surface area (Å²) in [7, 11) is 0. The van der Waals surface area contributed by atoms with Gasteiger partial charge in [-0.2, -0.15) is 5.10 Å². The second-order valence-corrected chi connectivity index (χ2v) is 6.13. The average molecular weight is 338 g/mol. The summed E-state index contributed by atoms with van der Waals surface area (Å²) in [4.78, 5) is 12.7. The van der Waals surface area contributed by atoms with Gasteiger partial charge in [0.05, 0.1) is 11.3 Å². The van der Waals surface area contributed by atoms with Crippen LogP contribution in [-0.4, -0.2) is 28.8 Å². The summed E-state index contributed by atoms with van der Waals surface area (Å²) in [6, 6.07) is 13.3. The van der Waals surface area contributed by atoms with Crippen LogP contribution in [0.1, 0.15) is 23.0 Å². The van der Waals surface area contributed by atoms with Crippen molar-refractivity contribution in [1.29, 1.82) is 0 Å². The maximum absolute atomic E-state index is 12.7. The van der Waals surface area contributed by atoms with Crippen LogP contribution in [0.4, 0.5) is 0 Å². The number of hydrogen-bond acceptors (Lipinski definition) is 4. The minimum atomic E-state index is -0.188. The number of amides is 1. The Morgan fingerprint density at radius 2 is 2.04 bits per heavy atom. The van der Waals surface area contributed by atoms with Crippen molar-refractivity contribution in [2.45, 2.75) is 13.8 Å². The first-order valence-electron chi connectivity index (χ1n) is 8.28. The lowest BCUT2D eigenvalue weighted by Gasteiger charge is -2.09. The maximum atomic E-state index is 12.7. The van der Waals surface area contributed by atoms with Crippen molar-refractivity contribution in [2.75, 3.05) is 13.1 Å². The van der Waals surface area contributed by atoms with E-state index in [-0.39, 0.29) is 11.8 Å². The summed E-state index contributed by atoms with van der Waals surface area (Å²) >= 11 is 0. The first-order valence-corrected chi connectivity index (χ1v) is 8.28. The minimum absolute atomic E-state index is 0.188. The van der Waals surface area contributed by atoms with Gasteiger partial charge < -0.3 is 15.5 Å². The lowest BCUT2D eigenvalue weighted by Crippen LogP contribution is -2.31. The first kappa shape index (κ1) is 17.0. The van der Waals surface area contributed by atoms with E-state index in [0.717, 1.165) is 11.4 Å². The van der Waals surface area contributed by atoms with E-state index in [1.165, 1.54) is 0 Å². The molecule has 1 atom stereocenters. The van der Waals surface area contributed by atoms with Gasteiger partial charge in [0.1, 0.15) is 11.5 Å². The molecule has 0 radical (unpaired) electrons. The molecule has 0 fully saturated rings. The molecular formula is C19H22N4O2. The Morgan fingerprint density at radius 1 is 1.28 bits per heavy atom. The van der Waals surface area contributed by atoms with E-state index in [1.54, 1.807) is 10.9 Å². The fraction of sp³-hybridized carbons (Fsp3) is 0.263. The molecule has 25 heavy (non-hydrogen) atoms. The van der Waals surface area contributed by atoms with Crippen LogP contribution >= 0.6 is 0 Å². The zero-order chi connectivity index (χ0) is 17.8. The summed E-state index contributed by atoms with van der Waals surface area (Å²) in [5.74, 6) is 1.37. The molecule has 3 aromatic rings. The van der Waals surface area contributed by atoms with Gasteiger partial charge in [-0.15, -0.1) is 0 Å². The molecule has 0 aliphatic heterocycles. The van der Waals surface area contributed by atoms with Crippen molar-refractivity contribution < 1.29 is 9.21 Å². The van der Waals surface area contributed by atoms with Crippen LogP contribution in [-0.2, 0) is 0 Å². The van der Waals surface area contributed by atoms with Crippen LogP contribution in [0.25, 0.3) is 17.1 Å². The molecule has 2 heterocycles. The third-order valence-corrected chi connectivity index (χ3v) is 3.97. The molecule has 3 rings (SSSR count). The molecule has 0 bridgehead atoms. The third kappa shape index (κ3) is 3.80. The Hall–Kier alpha value is -2.86. The van der Waals surface area contributed by atoms with Gasteiger partial charge in [-0.05, 0) is 43.7 Å². The van der Waals surface area contributed by atoms with Crippen molar-refractivity contribution in [3.8, 4) is 17.1 Å². The zero-order valence-electron chi connectivity index (χ0n) is 14.4. The highest BCUT2D eigenvalue weighted by molar-refractivity contribution is 5.99. The van der Waals surface area contributed by atoms with Crippen LogP contribution in [0.2, 0.25) is 0 Å². The molecule has 1 unspecified atom stereocenters. The Kier molecular flexibility index (Phi) is 5.00. The number of benzene rings is 1. The Balaban J connectivity index is 1.97. The SMILES string of the molecule is Cc1ccc(-c2nn(-c3ccccc3)cc2C(=O)NCC(C)CN)o1. The number of hydrogen-bond donors (Lipinski definition) is 2. The van der Waals surface area contributed by atoms with Crippen LogP contribution in [0.3, 0.4) is 0 Å². The molecular weight excluding hydrogens is 316 g/mol. The summed E-state index contributed by atoms with van der Waals surface area (Å²) in [6.07, 6.45) is 1.73. The quantitative estimate of drug-likeness (QED) is 0.723. The number of nitrogens with zero attached hydrogens (tertiary/aromatic N) is 2. The average Bonchev–Trinajstić information content (AvgIpc) is 3.26. The number of rotatable bonds is 6. The van der Waals surface area contributed by atoms with Crippen LogP contribution in [0, 0.1) is 12.8 Å². The molecule has 1 amide bonds. The van der Waals surface area contributed by atoms with Gasteiger partial charge in [0, 0.05) is 12.7 Å². The fourth-order valence-electron chi connectivity index (χ4n) is 2.44. The molecule has 0 aliphatic carbocycles. The Labute approximate surface area is 146 Å². The molecule has 0 saturated heterocycles. The second-order valence-electron chi connectivity index (χ2n) is 6.13. The van der Waals surface area contributed by atoms with Gasteiger partial charge in [-0.25, -0.2) is 4.68 Å². The van der Waals surface area contributed by atoms with Crippen molar-refractivity contribution in [2.24, 2.45) is 11.7 Å². The summed E-state index contributed by atoms with van der Waals surface area (Å²) in [5, 5.41) is 7.49. The van der Waals surface area contributed by atoms with Crippen molar-refractivity contribution in [3.05, 3.63) is 60.0 Å². The summed E-state index contributed by atoms with van der Waals surface area (Å²) in [5.41, 5.74) is 7.49. The summed E-state index contributed by atoms with van der Waals surface area (Å²) in [6.45, 7) is 4.89. The predicted molar refractivity (Wildman–Crippen MR) is 96.6 cm³/mol. The number of carbonyl (C=O) groups is 1. The minimum Gasteiger partial charge on any atom is -0.460 e. The van der Waals surface area contributed by atoms with Crippen molar-refractivity contribution >= 4 is 5.91 Å². The van der Waals surface area contributed by atoms with Crippen LogP contribution in [0.15, 0.2) is 53.1 Å². The molecule has 6 nitrogen and oxygen atoms in total. The zero-order valence-corrected chi connectivity index (χ0v) is 14.4. The van der Waals surface area contributed by atoms with Gasteiger partial charge >= 0.3 is 0 Å². The van der Waals surface area contributed by atoms with E-state index < -0.39 is 0 Å². The lowest BCUT2D eigenvalue weighted by molar-refractivity contribution is 0.0949. The number of carbonyl (C=O) groups excluding carboxylic acids is 1. The number of furan rings is 1. The second kappa shape index (κ2) is 7.36. The largest absolute Gasteiger partial charge is 0.460 e. The number of nitrogens with two attached hydrogens (primary N) is 1. The van der Waals surface area contributed by atoms with Gasteiger partial charge in [-0.3, -0.25) is 4.79 Å². The molecule has 0 saturated carbocycles. The highest BCUT2D eigenvalue weighted by atomic mass is 16.3. The molecule has 1 aromatic carbocycles. The normalized spacial score (nSPS) is 12.1. The van der Waals surface area contributed by atoms with Gasteiger partial charge in [0.2, 0.25) is 0 Å². The predicted octanol–water partition coefficient (Wildman–Crippen LogP) is 2.77. The van der Waals surface area contributed by atoms with E-state index in [0.29, 0.717) is 30.1 Å². The van der Waals surface area contributed by atoms with E-state index in [9.17, 15) is 4.79 Å². The monoisotopic (exact) mass is 338 g/mol. The van der Waals surface area contributed by atoms with Gasteiger partial charge in [-0.1, -0.05) is 25.1 Å². The molecule has 3 N–H and O–H groups in total. The highest BCUT2D eigenvalue weighted by Crippen LogP contribution is 2.25. The first-order chi connectivity index (χ1) is 12.1. The van der Waals surface area contributed by atoms with Crippen LogP contribution in [0.5, 0.6) is 0 Å². The van der Waals surface area contributed by atoms with E-state index in [1.807, 2.05) is 56.3 Å². The fourth-order valence-corrected chi connectivity index (χ4v) is 2.44. The number of aromatic nitrogens is 2. The number of aryl methyl sites for hydroxylation is 1.